The molecule has 22 heavy (non-hydrogen) atoms. The first-order valence-corrected chi connectivity index (χ1v) is 7.10. The summed E-state index contributed by atoms with van der Waals surface area (Å²) >= 11 is 0. The fourth-order valence-corrected chi connectivity index (χ4v) is 2.12. The molecule has 0 amide bonds. The van der Waals surface area contributed by atoms with Gasteiger partial charge in [-0.05, 0) is 23.3 Å². The Morgan fingerprint density at radius 3 is 2.32 bits per heavy atom. The molecule has 0 fully saturated rings. The molecule has 0 saturated heterocycles. The zero-order valence-corrected chi connectivity index (χ0v) is 12.0. The molecule has 112 valence electrons. The minimum atomic E-state index is -0.230. The van der Waals surface area contributed by atoms with Gasteiger partial charge >= 0.3 is 0 Å². The summed E-state index contributed by atoms with van der Waals surface area (Å²) in [5.74, 6) is 0.920. The van der Waals surface area contributed by atoms with Crippen LogP contribution in [0.2, 0.25) is 0 Å². The average Bonchev–Trinajstić information content (AvgIpc) is 2.98. The summed E-state index contributed by atoms with van der Waals surface area (Å²) in [6.07, 6.45) is 0.631. The van der Waals surface area contributed by atoms with E-state index in [-0.39, 0.29) is 5.82 Å². The maximum Gasteiger partial charge on any atom is 0.230 e. The zero-order chi connectivity index (χ0) is 15.2. The first-order valence-electron chi connectivity index (χ1n) is 7.10. The molecule has 2 aromatic carbocycles. The molecule has 0 saturated carbocycles. The highest BCUT2D eigenvalue weighted by Gasteiger charge is 2.06. The molecule has 1 heterocycles. The van der Waals surface area contributed by atoms with E-state index in [2.05, 4.69) is 15.5 Å². The van der Waals surface area contributed by atoms with Gasteiger partial charge in [0.15, 0.2) is 0 Å². The van der Waals surface area contributed by atoms with Crippen molar-refractivity contribution in [1.82, 2.24) is 15.5 Å². The Balaban J connectivity index is 1.50. The van der Waals surface area contributed by atoms with Gasteiger partial charge in [0.1, 0.15) is 5.82 Å². The monoisotopic (exact) mass is 297 g/mol. The van der Waals surface area contributed by atoms with E-state index < -0.39 is 0 Å². The highest BCUT2D eigenvalue weighted by atomic mass is 19.1. The highest BCUT2D eigenvalue weighted by Crippen LogP contribution is 2.08. The van der Waals surface area contributed by atoms with Gasteiger partial charge in [-0.15, -0.1) is 10.2 Å². The van der Waals surface area contributed by atoms with E-state index in [4.69, 9.17) is 4.42 Å². The molecule has 3 rings (SSSR count). The highest BCUT2D eigenvalue weighted by molar-refractivity contribution is 5.18. The summed E-state index contributed by atoms with van der Waals surface area (Å²) in [4.78, 5) is 0. The summed E-state index contributed by atoms with van der Waals surface area (Å²) in [5.41, 5.74) is 2.14. The van der Waals surface area contributed by atoms with Crippen LogP contribution in [0, 0.1) is 5.82 Å². The molecule has 5 heteroatoms. The average molecular weight is 297 g/mol. The second kappa shape index (κ2) is 6.95. The summed E-state index contributed by atoms with van der Waals surface area (Å²) in [5, 5.41) is 11.3. The van der Waals surface area contributed by atoms with Gasteiger partial charge in [0.25, 0.3) is 0 Å². The van der Waals surface area contributed by atoms with Crippen molar-refractivity contribution in [3.63, 3.8) is 0 Å². The van der Waals surface area contributed by atoms with E-state index in [9.17, 15) is 4.39 Å². The van der Waals surface area contributed by atoms with Gasteiger partial charge in [-0.25, -0.2) is 4.39 Å². The maximum atomic E-state index is 12.8. The Labute approximate surface area is 128 Å². The van der Waals surface area contributed by atoms with Crippen LogP contribution in [0.15, 0.2) is 59.0 Å². The molecule has 0 radical (unpaired) electrons. The SMILES string of the molecule is Fc1ccc(CNCc2nnc(Cc3ccccc3)o2)cc1. The molecule has 0 unspecified atom stereocenters. The Hall–Kier alpha value is -2.53. The van der Waals surface area contributed by atoms with Gasteiger partial charge in [-0.3, -0.25) is 0 Å². The van der Waals surface area contributed by atoms with Crippen LogP contribution in [0.5, 0.6) is 0 Å². The second-order valence-corrected chi connectivity index (χ2v) is 4.98. The van der Waals surface area contributed by atoms with Crippen LogP contribution >= 0.6 is 0 Å². The Bertz CT molecular complexity index is 710. The van der Waals surface area contributed by atoms with E-state index >= 15 is 0 Å². The van der Waals surface area contributed by atoms with Crippen LogP contribution in [0.1, 0.15) is 22.9 Å². The van der Waals surface area contributed by atoms with Crippen LogP contribution in [0.4, 0.5) is 4.39 Å². The van der Waals surface area contributed by atoms with E-state index in [0.29, 0.717) is 31.3 Å². The largest absolute Gasteiger partial charge is 0.424 e. The molecule has 4 nitrogen and oxygen atoms in total. The minimum absolute atomic E-state index is 0.230. The number of hydrogen-bond donors (Lipinski definition) is 1. The van der Waals surface area contributed by atoms with Crippen molar-refractivity contribution < 1.29 is 8.81 Å². The summed E-state index contributed by atoms with van der Waals surface area (Å²) in [6, 6.07) is 16.4. The van der Waals surface area contributed by atoms with Crippen LogP contribution in [0.3, 0.4) is 0 Å². The quantitative estimate of drug-likeness (QED) is 0.759. The van der Waals surface area contributed by atoms with Crippen molar-refractivity contribution in [2.24, 2.45) is 0 Å². The molecule has 0 bridgehead atoms. The minimum Gasteiger partial charge on any atom is -0.424 e. The molecule has 0 spiro atoms. The summed E-state index contributed by atoms with van der Waals surface area (Å²) in [6.45, 7) is 1.11. The topological polar surface area (TPSA) is 51.0 Å². The Morgan fingerprint density at radius 2 is 1.55 bits per heavy atom. The lowest BCUT2D eigenvalue weighted by Gasteiger charge is -2.01. The van der Waals surface area contributed by atoms with Crippen molar-refractivity contribution in [3.8, 4) is 0 Å². The van der Waals surface area contributed by atoms with Crippen LogP contribution in [-0.4, -0.2) is 10.2 Å². The molecular weight excluding hydrogens is 281 g/mol. The van der Waals surface area contributed by atoms with Gasteiger partial charge < -0.3 is 9.73 Å². The van der Waals surface area contributed by atoms with Crippen LogP contribution in [-0.2, 0) is 19.5 Å². The number of hydrogen-bond acceptors (Lipinski definition) is 4. The Kier molecular flexibility index (Phi) is 4.56. The van der Waals surface area contributed by atoms with Gasteiger partial charge in [-0.1, -0.05) is 42.5 Å². The van der Waals surface area contributed by atoms with E-state index in [1.807, 2.05) is 30.3 Å². The Morgan fingerprint density at radius 1 is 0.818 bits per heavy atom. The van der Waals surface area contributed by atoms with Gasteiger partial charge in [-0.2, -0.15) is 0 Å². The van der Waals surface area contributed by atoms with Crippen LogP contribution < -0.4 is 5.32 Å². The standard InChI is InChI=1S/C17H16FN3O/c18-15-8-6-14(7-9-15)11-19-12-17-21-20-16(22-17)10-13-4-2-1-3-5-13/h1-9,19H,10-12H2. The van der Waals surface area contributed by atoms with Gasteiger partial charge in [0, 0.05) is 6.54 Å². The number of halogens is 1. The number of benzene rings is 2. The number of aromatic nitrogens is 2. The van der Waals surface area contributed by atoms with Crippen molar-refractivity contribution in [2.75, 3.05) is 0 Å². The smallest absolute Gasteiger partial charge is 0.230 e. The molecular formula is C17H16FN3O. The van der Waals surface area contributed by atoms with Crippen molar-refractivity contribution in [3.05, 3.63) is 83.3 Å². The first kappa shape index (κ1) is 14.4. The third kappa shape index (κ3) is 3.99. The lowest BCUT2D eigenvalue weighted by molar-refractivity contribution is 0.438. The van der Waals surface area contributed by atoms with Crippen molar-refractivity contribution >= 4 is 0 Å². The lowest BCUT2D eigenvalue weighted by Crippen LogP contribution is -2.12. The fourth-order valence-electron chi connectivity index (χ4n) is 2.12. The second-order valence-electron chi connectivity index (χ2n) is 4.98. The molecule has 0 aliphatic heterocycles. The lowest BCUT2D eigenvalue weighted by atomic mass is 10.2. The number of nitrogens with zero attached hydrogens (tertiary/aromatic N) is 2. The fraction of sp³-hybridized carbons (Fsp3) is 0.176. The number of rotatable bonds is 6. The predicted octanol–water partition coefficient (Wildman–Crippen LogP) is 3.09. The van der Waals surface area contributed by atoms with Gasteiger partial charge in [0.2, 0.25) is 11.8 Å². The molecule has 1 aromatic heterocycles. The molecule has 0 atom stereocenters. The van der Waals surface area contributed by atoms with Gasteiger partial charge in [0.05, 0.1) is 13.0 Å². The van der Waals surface area contributed by atoms with Crippen LogP contribution in [0.25, 0.3) is 0 Å². The first-order chi connectivity index (χ1) is 10.8. The normalized spacial score (nSPS) is 10.8. The molecule has 0 aliphatic rings. The third-order valence-corrected chi connectivity index (χ3v) is 3.23. The predicted molar refractivity (Wildman–Crippen MR) is 80.5 cm³/mol. The van der Waals surface area contributed by atoms with E-state index in [1.165, 1.54) is 12.1 Å². The summed E-state index contributed by atoms with van der Waals surface area (Å²) < 4.78 is 18.4. The van der Waals surface area contributed by atoms with Crippen molar-refractivity contribution in [2.45, 2.75) is 19.5 Å². The van der Waals surface area contributed by atoms with E-state index in [0.717, 1.165) is 11.1 Å². The third-order valence-electron chi connectivity index (χ3n) is 3.23. The summed E-state index contributed by atoms with van der Waals surface area (Å²) in [7, 11) is 0. The molecule has 0 aliphatic carbocycles. The molecule has 3 aromatic rings. The number of nitrogens with one attached hydrogen (secondary N) is 1. The molecule has 1 N–H and O–H groups in total. The maximum absolute atomic E-state index is 12.8. The zero-order valence-electron chi connectivity index (χ0n) is 12.0. The van der Waals surface area contributed by atoms with Crippen molar-refractivity contribution in [1.29, 1.82) is 0 Å². The van der Waals surface area contributed by atoms with E-state index in [1.54, 1.807) is 12.1 Å².